The zero-order valence-electron chi connectivity index (χ0n) is 42.9. The summed E-state index contributed by atoms with van der Waals surface area (Å²) in [7, 11) is 0. The zero-order chi connectivity index (χ0) is 50.5. The molecule has 1 spiro atoms. The summed E-state index contributed by atoms with van der Waals surface area (Å²) >= 11 is 0. The second kappa shape index (κ2) is 16.0. The van der Waals surface area contributed by atoms with E-state index in [-0.39, 0.29) is 29.9 Å². The van der Waals surface area contributed by atoms with Crippen LogP contribution >= 0.6 is 0 Å². The van der Waals surface area contributed by atoms with Crippen molar-refractivity contribution in [3.63, 3.8) is 0 Å². The summed E-state index contributed by atoms with van der Waals surface area (Å²) in [6.07, 6.45) is 0. The number of aromatic nitrogens is 1. The number of anilines is 6. The Morgan fingerprint density at radius 1 is 0.343 bits per heavy atom. The van der Waals surface area contributed by atoms with Gasteiger partial charge in [-0.05, 0) is 135 Å². The van der Waals surface area contributed by atoms with Gasteiger partial charge in [0.15, 0.2) is 0 Å². The van der Waals surface area contributed by atoms with Crippen molar-refractivity contribution in [3.05, 3.63) is 295 Å². The summed E-state index contributed by atoms with van der Waals surface area (Å²) in [6.45, 7) is 0. The number of para-hydroxylation sites is 5. The first kappa shape index (κ1) is 35.0. The minimum absolute atomic E-state index is 0.0849. The number of fused-ring (bicyclic) bond motifs is 13. The molecule has 12 aromatic rings. The van der Waals surface area contributed by atoms with Crippen LogP contribution in [0.25, 0.3) is 60.9 Å². The lowest BCUT2D eigenvalue weighted by Gasteiger charge is -2.34. The Morgan fingerprint density at radius 2 is 0.857 bits per heavy atom. The summed E-state index contributed by atoms with van der Waals surface area (Å²) in [6, 6.07) is 83.9. The topological polar surface area (TPSA) is 11.4 Å². The molecule has 3 nitrogen and oxygen atoms in total. The number of hydrogen-bond donors (Lipinski definition) is 0. The lowest BCUT2D eigenvalue weighted by molar-refractivity contribution is 0.793. The lowest BCUT2D eigenvalue weighted by Crippen LogP contribution is -2.26. The second-order valence-electron chi connectivity index (χ2n) is 18.0. The number of nitrogens with zero attached hydrogens (tertiary/aromatic N) is 3. The molecule has 3 heteroatoms. The molecule has 0 saturated heterocycles. The number of hydrogen-bond acceptors (Lipinski definition) is 2. The number of benzene rings is 11. The Morgan fingerprint density at radius 3 is 1.54 bits per heavy atom. The predicted molar refractivity (Wildman–Crippen MR) is 292 cm³/mol. The Balaban J connectivity index is 1.07. The average molecular weight is 897 g/mol. The van der Waals surface area contributed by atoms with Gasteiger partial charge in [0.05, 0.1) is 34.7 Å². The first-order valence-electron chi connectivity index (χ1n) is 26.3. The largest absolute Gasteiger partial charge is 0.310 e. The van der Waals surface area contributed by atoms with Gasteiger partial charge in [-0.25, -0.2) is 0 Å². The van der Waals surface area contributed by atoms with Crippen LogP contribution in [0.2, 0.25) is 0 Å². The third-order valence-electron chi connectivity index (χ3n) is 14.5. The van der Waals surface area contributed by atoms with E-state index in [1.54, 1.807) is 0 Å². The molecule has 2 aliphatic carbocycles. The Labute approximate surface area is 415 Å². The van der Waals surface area contributed by atoms with Crippen LogP contribution in [-0.4, -0.2) is 4.57 Å². The minimum atomic E-state index is -0.827. The first-order valence-corrected chi connectivity index (χ1v) is 23.8. The molecule has 0 amide bonds. The Hall–Kier alpha value is -9.18. The third-order valence-corrected chi connectivity index (χ3v) is 14.5. The fraction of sp³-hybridized carbons (Fsp3) is 0.0149. The van der Waals surface area contributed by atoms with Crippen LogP contribution in [0, 0.1) is 0 Å². The molecule has 1 atom stereocenters. The van der Waals surface area contributed by atoms with E-state index in [4.69, 9.17) is 4.11 Å². The molecule has 1 unspecified atom stereocenters. The molecule has 0 saturated carbocycles. The zero-order valence-corrected chi connectivity index (χ0v) is 37.9. The van der Waals surface area contributed by atoms with E-state index in [9.17, 15) is 2.74 Å². The van der Waals surface area contributed by atoms with E-state index in [1.165, 1.54) is 0 Å². The standard InChI is InChI=1S/C67H45N3/c1-5-22-46(23-6-1)52-30-15-19-36-62(52)70(65-39-21-38-64-66(65)57-33-16-20-37-63(57)69(64)49-28-11-4-12-29-49)51-41-43-56-54-32-14-18-35-59(54)67(61(56)45-51)58-34-17-13-31-53(58)55-42-40-50(44-60(55)67)68(47-24-7-2-8-25-47)48-26-9-3-10-27-48/h1-45H/i2D,7D,8D,24D,25D. The highest BCUT2D eigenvalue weighted by Gasteiger charge is 2.52. The SMILES string of the molecule is [2H]c1c([2H])c([2H])c(N(c2ccccc2)c2ccc3c(c2)C2(c4ccccc4-3)c3ccccc3-c3ccc(N(c4ccccc4-c4ccccc4)c4cccc5c4c4ccccc4n5-c4ccccc4)cc32)c([2H])c1[2H]. The van der Waals surface area contributed by atoms with Crippen LogP contribution < -0.4 is 9.80 Å². The predicted octanol–water partition coefficient (Wildman–Crippen LogP) is 17.7. The molecule has 14 rings (SSSR count). The van der Waals surface area contributed by atoms with E-state index in [2.05, 4.69) is 216 Å². The Bertz CT molecular complexity index is 4230. The fourth-order valence-electron chi connectivity index (χ4n) is 11.7. The summed E-state index contributed by atoms with van der Waals surface area (Å²) in [5, 5.41) is 2.28. The summed E-state index contributed by atoms with van der Waals surface area (Å²) < 4.78 is 47.0. The maximum atomic E-state index is 9.27. The quantitative estimate of drug-likeness (QED) is 0.151. The molecule has 0 aliphatic heterocycles. The van der Waals surface area contributed by atoms with Gasteiger partial charge in [-0.1, -0.05) is 188 Å². The van der Waals surface area contributed by atoms with Gasteiger partial charge in [0.2, 0.25) is 0 Å². The molecule has 1 heterocycles. The van der Waals surface area contributed by atoms with Gasteiger partial charge in [-0.3, -0.25) is 0 Å². The molecule has 0 N–H and O–H groups in total. The van der Waals surface area contributed by atoms with Crippen molar-refractivity contribution in [3.8, 4) is 39.1 Å². The van der Waals surface area contributed by atoms with E-state index in [0.717, 1.165) is 100 Å². The van der Waals surface area contributed by atoms with Gasteiger partial charge in [-0.2, -0.15) is 0 Å². The molecule has 0 fully saturated rings. The third kappa shape index (κ3) is 5.88. The summed E-state index contributed by atoms with van der Waals surface area (Å²) in [4.78, 5) is 4.28. The summed E-state index contributed by atoms with van der Waals surface area (Å²) in [5.74, 6) is 0. The molecule has 328 valence electrons. The van der Waals surface area contributed by atoms with Crippen molar-refractivity contribution in [1.82, 2.24) is 4.57 Å². The van der Waals surface area contributed by atoms with Crippen LogP contribution in [0.5, 0.6) is 0 Å². The Kier molecular flexibility index (Phi) is 8.00. The van der Waals surface area contributed by atoms with Crippen LogP contribution in [0.15, 0.2) is 273 Å². The molecule has 0 radical (unpaired) electrons. The average Bonchev–Trinajstić information content (AvgIpc) is 4.18. The maximum absolute atomic E-state index is 9.27. The molecule has 0 bridgehead atoms. The molecular formula is C67H45N3. The van der Waals surface area contributed by atoms with Crippen molar-refractivity contribution in [2.24, 2.45) is 0 Å². The minimum Gasteiger partial charge on any atom is -0.310 e. The smallest absolute Gasteiger partial charge is 0.0727 e. The van der Waals surface area contributed by atoms with Crippen LogP contribution in [0.4, 0.5) is 34.1 Å². The maximum Gasteiger partial charge on any atom is 0.0727 e. The van der Waals surface area contributed by atoms with Gasteiger partial charge in [0, 0.05) is 44.8 Å². The molecular weight excluding hydrogens is 847 g/mol. The van der Waals surface area contributed by atoms with Crippen molar-refractivity contribution in [2.45, 2.75) is 5.41 Å². The van der Waals surface area contributed by atoms with Crippen molar-refractivity contribution >= 4 is 55.9 Å². The van der Waals surface area contributed by atoms with E-state index in [0.29, 0.717) is 11.4 Å². The highest BCUT2D eigenvalue weighted by molar-refractivity contribution is 6.17. The van der Waals surface area contributed by atoms with Gasteiger partial charge in [0.1, 0.15) is 0 Å². The number of rotatable bonds is 8. The van der Waals surface area contributed by atoms with Gasteiger partial charge >= 0.3 is 0 Å². The second-order valence-corrected chi connectivity index (χ2v) is 18.0. The molecule has 11 aromatic carbocycles. The molecule has 1 aromatic heterocycles. The van der Waals surface area contributed by atoms with Gasteiger partial charge in [0.25, 0.3) is 0 Å². The highest BCUT2D eigenvalue weighted by Crippen LogP contribution is 2.64. The van der Waals surface area contributed by atoms with E-state index in [1.807, 2.05) is 41.3 Å². The van der Waals surface area contributed by atoms with Crippen molar-refractivity contribution in [1.29, 1.82) is 0 Å². The fourth-order valence-corrected chi connectivity index (χ4v) is 11.7. The first-order chi connectivity index (χ1) is 36.8. The van der Waals surface area contributed by atoms with Crippen molar-refractivity contribution < 1.29 is 6.85 Å². The van der Waals surface area contributed by atoms with Crippen LogP contribution in [0.3, 0.4) is 0 Å². The summed E-state index contributed by atoms with van der Waals surface area (Å²) in [5.41, 5.74) is 18.1. The normalized spacial score (nSPS) is 15.1. The van der Waals surface area contributed by atoms with Crippen molar-refractivity contribution in [2.75, 3.05) is 9.80 Å². The van der Waals surface area contributed by atoms with Crippen LogP contribution in [-0.2, 0) is 5.41 Å². The molecule has 2 aliphatic rings. The highest BCUT2D eigenvalue weighted by atomic mass is 15.2. The van der Waals surface area contributed by atoms with E-state index >= 15 is 0 Å². The van der Waals surface area contributed by atoms with E-state index < -0.39 is 11.5 Å². The van der Waals surface area contributed by atoms with Crippen LogP contribution in [0.1, 0.15) is 29.1 Å². The lowest BCUT2D eigenvalue weighted by atomic mass is 9.70. The monoisotopic (exact) mass is 896 g/mol. The molecule has 70 heavy (non-hydrogen) atoms. The van der Waals surface area contributed by atoms with Gasteiger partial charge in [-0.15, -0.1) is 0 Å². The van der Waals surface area contributed by atoms with Gasteiger partial charge < -0.3 is 14.4 Å².